The molecular formula is C12H19O6Sn. The van der Waals surface area contributed by atoms with Crippen LogP contribution in [-0.2, 0) is 14.4 Å². The number of hydrogen-bond donors (Lipinski definition) is 2. The average molecular weight is 378 g/mol. The van der Waals surface area contributed by atoms with E-state index in [4.69, 9.17) is 10.2 Å². The van der Waals surface area contributed by atoms with Crippen molar-refractivity contribution in [2.75, 3.05) is 0 Å². The van der Waals surface area contributed by atoms with E-state index in [9.17, 15) is 19.5 Å². The van der Waals surface area contributed by atoms with Gasteiger partial charge in [-0.1, -0.05) is 32.6 Å². The molecular weight excluding hydrogens is 359 g/mol. The number of unbranched alkanes of at least 4 members (excludes halogenated alkanes) is 4. The van der Waals surface area contributed by atoms with Gasteiger partial charge in [-0.25, -0.2) is 9.59 Å². The second-order valence-electron chi connectivity index (χ2n) is 3.55. The maximum Gasteiger partial charge on any atom is 1.00 e. The number of carboxylic acid groups (broad SMARTS) is 3. The van der Waals surface area contributed by atoms with E-state index >= 15 is 0 Å². The Bertz CT molecular complexity index is 272. The normalized spacial score (nSPS) is 9.11. The fraction of sp³-hybridized carbons (Fsp3) is 0.583. The largest absolute Gasteiger partial charge is 1.00 e. The molecule has 0 spiro atoms. The van der Waals surface area contributed by atoms with Gasteiger partial charge in [-0.3, -0.25) is 0 Å². The monoisotopic (exact) mass is 379 g/mol. The minimum atomic E-state index is -1.26. The van der Waals surface area contributed by atoms with Crippen molar-refractivity contribution in [2.24, 2.45) is 0 Å². The predicted molar refractivity (Wildman–Crippen MR) is 68.5 cm³/mol. The van der Waals surface area contributed by atoms with Gasteiger partial charge in [-0.2, -0.15) is 0 Å². The van der Waals surface area contributed by atoms with Gasteiger partial charge in [0, 0.05) is 18.1 Å². The first kappa shape index (κ1) is 23.1. The molecule has 0 aliphatic heterocycles. The van der Waals surface area contributed by atoms with E-state index in [0.29, 0.717) is 12.2 Å². The first-order chi connectivity index (χ1) is 8.40. The molecule has 6 nitrogen and oxygen atoms in total. The molecule has 0 fully saturated rings. The van der Waals surface area contributed by atoms with Crippen LogP contribution >= 0.6 is 0 Å². The molecule has 0 aromatic heterocycles. The van der Waals surface area contributed by atoms with Crippen molar-refractivity contribution in [2.45, 2.75) is 45.4 Å². The zero-order valence-electron chi connectivity index (χ0n) is 10.9. The Balaban J connectivity index is -0.000000262. The molecule has 0 saturated heterocycles. The summed E-state index contributed by atoms with van der Waals surface area (Å²) < 4.78 is 0. The molecule has 7 heteroatoms. The maximum atomic E-state index is 9.92. The van der Waals surface area contributed by atoms with E-state index in [2.05, 4.69) is 6.92 Å². The Morgan fingerprint density at radius 1 is 0.947 bits per heavy atom. The van der Waals surface area contributed by atoms with Crippen LogP contribution in [0.2, 0.25) is 0 Å². The minimum absolute atomic E-state index is 0. The molecule has 0 unspecified atom stereocenters. The van der Waals surface area contributed by atoms with Gasteiger partial charge >= 0.3 is 35.8 Å². The summed E-state index contributed by atoms with van der Waals surface area (Å²) in [6.45, 7) is 2.14. The van der Waals surface area contributed by atoms with E-state index in [0.717, 1.165) is 19.3 Å². The summed E-state index contributed by atoms with van der Waals surface area (Å²) in [5, 5.41) is 25.5. The first-order valence-corrected chi connectivity index (χ1v) is 5.74. The number of rotatable bonds is 8. The standard InChI is InChI=1S/C8H16O2.C4H4O4.Sn/c1-2-3-4-5-6-7-8(9)10;5-3(6)1-2-4(7)8;/h2-7H2,1H3,(H,9,10);1-2H,(H,5,6)(H,7,8);/q;;+1/p-1/b;2-1-;. The van der Waals surface area contributed by atoms with Crippen LogP contribution in [-0.4, -0.2) is 52.0 Å². The summed E-state index contributed by atoms with van der Waals surface area (Å²) in [4.78, 5) is 29.0. The molecule has 0 saturated carbocycles. The third-order valence-electron chi connectivity index (χ3n) is 1.85. The third-order valence-corrected chi connectivity index (χ3v) is 1.85. The molecule has 0 aliphatic rings. The molecule has 0 atom stereocenters. The smallest absolute Gasteiger partial charge is 0.550 e. The molecule has 0 heterocycles. The van der Waals surface area contributed by atoms with Crippen LogP contribution in [0.25, 0.3) is 0 Å². The van der Waals surface area contributed by atoms with Crippen molar-refractivity contribution in [1.29, 1.82) is 0 Å². The Morgan fingerprint density at radius 2 is 1.37 bits per heavy atom. The fourth-order valence-electron chi connectivity index (χ4n) is 1.02. The predicted octanol–water partition coefficient (Wildman–Crippen LogP) is 0.428. The molecule has 2 N–H and O–H groups in total. The van der Waals surface area contributed by atoms with Gasteiger partial charge in [0.15, 0.2) is 0 Å². The van der Waals surface area contributed by atoms with Crippen molar-refractivity contribution < 1.29 is 29.7 Å². The maximum absolute atomic E-state index is 9.92. The second-order valence-corrected chi connectivity index (χ2v) is 3.55. The van der Waals surface area contributed by atoms with E-state index < -0.39 is 17.9 Å². The van der Waals surface area contributed by atoms with E-state index in [-0.39, 0.29) is 30.3 Å². The molecule has 0 amide bonds. The average Bonchev–Trinajstić information content (AvgIpc) is 2.26. The molecule has 0 rings (SSSR count). The van der Waals surface area contributed by atoms with E-state index in [1.807, 2.05) is 0 Å². The summed E-state index contributed by atoms with van der Waals surface area (Å²) >= 11 is 0. The number of carbonyl (C=O) groups is 3. The van der Waals surface area contributed by atoms with E-state index in [1.54, 1.807) is 0 Å². The third kappa shape index (κ3) is 31.6. The summed E-state index contributed by atoms with van der Waals surface area (Å²) in [5.74, 6) is -3.43. The SMILES string of the molecule is CCCCCCCC(=O)[O-].O=C(O)/C=C\C(=O)O.[Sn+]. The second kappa shape index (κ2) is 16.9. The Hall–Kier alpha value is -1.05. The van der Waals surface area contributed by atoms with Crippen LogP contribution in [0.15, 0.2) is 12.2 Å². The summed E-state index contributed by atoms with van der Waals surface area (Å²) in [6, 6.07) is 0. The van der Waals surface area contributed by atoms with Crippen LogP contribution < -0.4 is 5.11 Å². The molecule has 0 aliphatic carbocycles. The fourth-order valence-corrected chi connectivity index (χ4v) is 1.02. The van der Waals surface area contributed by atoms with Gasteiger partial charge in [-0.15, -0.1) is 0 Å². The van der Waals surface area contributed by atoms with Crippen molar-refractivity contribution in [3.8, 4) is 0 Å². The number of carboxylic acids is 3. The van der Waals surface area contributed by atoms with Crippen molar-refractivity contribution in [3.63, 3.8) is 0 Å². The van der Waals surface area contributed by atoms with Crippen LogP contribution in [0, 0.1) is 0 Å². The van der Waals surface area contributed by atoms with E-state index in [1.165, 1.54) is 12.8 Å². The molecule has 0 aromatic carbocycles. The summed E-state index contributed by atoms with van der Waals surface area (Å²) in [5.41, 5.74) is 0. The zero-order valence-corrected chi connectivity index (χ0v) is 13.8. The van der Waals surface area contributed by atoms with Gasteiger partial charge in [0.25, 0.3) is 0 Å². The van der Waals surface area contributed by atoms with Crippen LogP contribution in [0.1, 0.15) is 45.4 Å². The van der Waals surface area contributed by atoms with Crippen molar-refractivity contribution in [3.05, 3.63) is 12.2 Å². The molecule has 107 valence electrons. The van der Waals surface area contributed by atoms with Gasteiger partial charge < -0.3 is 20.1 Å². The molecule has 3 radical (unpaired) electrons. The summed E-state index contributed by atoms with van der Waals surface area (Å²) in [6.07, 6.45) is 6.72. The van der Waals surface area contributed by atoms with Crippen LogP contribution in [0.4, 0.5) is 0 Å². The van der Waals surface area contributed by atoms with Crippen LogP contribution in [0.3, 0.4) is 0 Å². The number of hydrogen-bond acceptors (Lipinski definition) is 4. The van der Waals surface area contributed by atoms with Gasteiger partial charge in [0.1, 0.15) is 0 Å². The number of aliphatic carboxylic acids is 3. The number of carbonyl (C=O) groups excluding carboxylic acids is 1. The Labute approximate surface area is 129 Å². The topological polar surface area (TPSA) is 115 Å². The first-order valence-electron chi connectivity index (χ1n) is 5.74. The van der Waals surface area contributed by atoms with Gasteiger partial charge in [0.2, 0.25) is 0 Å². The Morgan fingerprint density at radius 3 is 1.68 bits per heavy atom. The minimum Gasteiger partial charge on any atom is -0.550 e. The zero-order chi connectivity index (χ0) is 14.4. The van der Waals surface area contributed by atoms with Gasteiger partial charge in [0.05, 0.1) is 0 Å². The van der Waals surface area contributed by atoms with Crippen molar-refractivity contribution >= 4 is 41.8 Å². The quantitative estimate of drug-likeness (QED) is 0.360. The molecule has 0 bridgehead atoms. The van der Waals surface area contributed by atoms with Crippen LogP contribution in [0.5, 0.6) is 0 Å². The molecule has 19 heavy (non-hydrogen) atoms. The Kier molecular flexibility index (Phi) is 20.6. The molecule has 0 aromatic rings. The summed E-state index contributed by atoms with van der Waals surface area (Å²) in [7, 11) is 0. The van der Waals surface area contributed by atoms with Crippen molar-refractivity contribution in [1.82, 2.24) is 0 Å². The van der Waals surface area contributed by atoms with Gasteiger partial charge in [-0.05, 0) is 12.8 Å².